The van der Waals surface area contributed by atoms with Gasteiger partial charge in [0.25, 0.3) is 5.91 Å². The van der Waals surface area contributed by atoms with Crippen LogP contribution in [-0.2, 0) is 4.79 Å². The lowest BCUT2D eigenvalue weighted by atomic mass is 9.93. The number of nitrogens with one attached hydrogen (secondary N) is 2. The number of hydrogen-bond donors (Lipinski definition) is 2. The van der Waals surface area contributed by atoms with Crippen molar-refractivity contribution in [3.8, 4) is 0 Å². The summed E-state index contributed by atoms with van der Waals surface area (Å²) in [5.74, 6) is -1.25. The Balaban J connectivity index is 2.07. The van der Waals surface area contributed by atoms with Crippen LogP contribution in [0.4, 0.5) is 14.6 Å². The predicted molar refractivity (Wildman–Crippen MR) is 104 cm³/mol. The van der Waals surface area contributed by atoms with E-state index in [4.69, 9.17) is 16.7 Å². The second kappa shape index (κ2) is 7.89. The maximum absolute atomic E-state index is 14.5. The molecular formula is C19H18F2N4O2S. The van der Waals surface area contributed by atoms with E-state index < -0.39 is 23.6 Å². The van der Waals surface area contributed by atoms with Gasteiger partial charge >= 0.3 is 0 Å². The normalized spacial score (nSPS) is 16.8. The molecule has 0 saturated carbocycles. The first kappa shape index (κ1) is 19.7. The van der Waals surface area contributed by atoms with E-state index >= 15 is 0 Å². The van der Waals surface area contributed by atoms with Crippen LogP contribution < -0.4 is 10.6 Å². The van der Waals surface area contributed by atoms with Gasteiger partial charge in [-0.3, -0.25) is 4.79 Å². The van der Waals surface area contributed by atoms with Gasteiger partial charge in [0.2, 0.25) is 0 Å². The Morgan fingerprint density at radius 1 is 1.43 bits per heavy atom. The first-order valence-electron chi connectivity index (χ1n) is 8.41. The molecule has 1 aliphatic heterocycles. The summed E-state index contributed by atoms with van der Waals surface area (Å²) in [4.78, 5) is 14.7. The van der Waals surface area contributed by atoms with Gasteiger partial charge in [0.1, 0.15) is 17.4 Å². The highest BCUT2D eigenvalue weighted by molar-refractivity contribution is 7.80. The molecule has 9 heteroatoms. The van der Waals surface area contributed by atoms with Crippen LogP contribution in [0.1, 0.15) is 24.3 Å². The SMILES string of the molecule is C=CCN1C(=S)N[C@H](c2ccc(F)cc2F)C(C(=O)Nc2cc(C)on2)=C1C. The van der Waals surface area contributed by atoms with E-state index in [1.807, 2.05) is 0 Å². The fourth-order valence-corrected chi connectivity index (χ4v) is 3.33. The zero-order valence-electron chi connectivity index (χ0n) is 15.3. The summed E-state index contributed by atoms with van der Waals surface area (Å²) in [6, 6.07) is 3.84. The molecular weight excluding hydrogens is 386 g/mol. The Hall–Kier alpha value is -3.07. The lowest BCUT2D eigenvalue weighted by molar-refractivity contribution is -0.113. The van der Waals surface area contributed by atoms with Gasteiger partial charge in [0, 0.05) is 29.9 Å². The Morgan fingerprint density at radius 2 is 2.18 bits per heavy atom. The van der Waals surface area contributed by atoms with Crippen molar-refractivity contribution in [1.82, 2.24) is 15.4 Å². The average Bonchev–Trinajstić information content (AvgIpc) is 3.02. The highest BCUT2D eigenvalue weighted by Crippen LogP contribution is 2.33. The number of thiocarbonyl (C=S) groups is 1. The minimum Gasteiger partial charge on any atom is -0.360 e. The smallest absolute Gasteiger partial charge is 0.257 e. The van der Waals surface area contributed by atoms with Gasteiger partial charge in [0.15, 0.2) is 10.9 Å². The minimum atomic E-state index is -0.901. The van der Waals surface area contributed by atoms with Gasteiger partial charge in [-0.1, -0.05) is 17.3 Å². The molecule has 2 N–H and O–H groups in total. The molecule has 0 bridgehead atoms. The van der Waals surface area contributed by atoms with Crippen LogP contribution in [0.15, 0.2) is 52.7 Å². The number of aromatic nitrogens is 1. The van der Waals surface area contributed by atoms with E-state index in [-0.39, 0.29) is 17.0 Å². The first-order chi connectivity index (χ1) is 13.3. The third kappa shape index (κ3) is 3.79. The second-order valence-corrected chi connectivity index (χ2v) is 6.61. The fraction of sp³-hybridized carbons (Fsp3) is 0.211. The lowest BCUT2D eigenvalue weighted by Gasteiger charge is -2.37. The summed E-state index contributed by atoms with van der Waals surface area (Å²) in [5.41, 5.74) is 0.847. The van der Waals surface area contributed by atoms with Gasteiger partial charge in [-0.05, 0) is 32.1 Å². The topological polar surface area (TPSA) is 70.4 Å². The Kier molecular flexibility index (Phi) is 5.55. The van der Waals surface area contributed by atoms with Crippen LogP contribution >= 0.6 is 12.2 Å². The molecule has 3 rings (SSSR count). The number of rotatable bonds is 5. The number of aryl methyl sites for hydroxylation is 1. The molecule has 1 aromatic heterocycles. The largest absolute Gasteiger partial charge is 0.360 e. The van der Waals surface area contributed by atoms with Crippen LogP contribution in [0.3, 0.4) is 0 Å². The molecule has 1 aromatic carbocycles. The zero-order valence-corrected chi connectivity index (χ0v) is 16.1. The molecule has 1 amide bonds. The highest BCUT2D eigenvalue weighted by Gasteiger charge is 2.35. The van der Waals surface area contributed by atoms with E-state index in [1.165, 1.54) is 6.07 Å². The van der Waals surface area contributed by atoms with E-state index in [1.54, 1.807) is 30.9 Å². The molecule has 0 unspecified atom stereocenters. The summed E-state index contributed by atoms with van der Waals surface area (Å²) in [5, 5.41) is 9.65. The van der Waals surface area contributed by atoms with Gasteiger partial charge < -0.3 is 20.1 Å². The molecule has 6 nitrogen and oxygen atoms in total. The number of benzene rings is 1. The number of hydrogen-bond acceptors (Lipinski definition) is 4. The van der Waals surface area contributed by atoms with Crippen molar-refractivity contribution in [2.75, 3.05) is 11.9 Å². The monoisotopic (exact) mass is 404 g/mol. The summed E-state index contributed by atoms with van der Waals surface area (Å²) >= 11 is 5.37. The van der Waals surface area contributed by atoms with Crippen LogP contribution in [0.25, 0.3) is 0 Å². The summed E-state index contributed by atoms with van der Waals surface area (Å²) in [6.07, 6.45) is 1.63. The zero-order chi connectivity index (χ0) is 20.4. The van der Waals surface area contributed by atoms with Crippen LogP contribution in [-0.4, -0.2) is 27.6 Å². The number of carbonyl (C=O) groups is 1. The molecule has 1 aliphatic rings. The van der Waals surface area contributed by atoms with Crippen LogP contribution in [0.2, 0.25) is 0 Å². The Bertz CT molecular complexity index is 986. The number of amides is 1. The molecule has 0 fully saturated rings. The predicted octanol–water partition coefficient (Wildman–Crippen LogP) is 3.59. The number of anilines is 1. The van der Waals surface area contributed by atoms with Crippen molar-refractivity contribution >= 4 is 29.1 Å². The molecule has 2 heterocycles. The van der Waals surface area contributed by atoms with Gasteiger partial charge in [-0.15, -0.1) is 6.58 Å². The number of halogens is 2. The third-order valence-electron chi connectivity index (χ3n) is 4.30. The lowest BCUT2D eigenvalue weighted by Crippen LogP contribution is -2.48. The van der Waals surface area contributed by atoms with Gasteiger partial charge in [-0.2, -0.15) is 0 Å². The highest BCUT2D eigenvalue weighted by atomic mass is 32.1. The quantitative estimate of drug-likeness (QED) is 0.586. The van der Waals surface area contributed by atoms with Gasteiger partial charge in [-0.25, -0.2) is 8.78 Å². The molecule has 28 heavy (non-hydrogen) atoms. The maximum Gasteiger partial charge on any atom is 0.257 e. The summed E-state index contributed by atoms with van der Waals surface area (Å²) < 4.78 is 32.8. The van der Waals surface area contributed by atoms with Crippen molar-refractivity contribution in [1.29, 1.82) is 0 Å². The van der Waals surface area contributed by atoms with Crippen molar-refractivity contribution in [2.45, 2.75) is 19.9 Å². The van der Waals surface area contributed by atoms with E-state index in [0.29, 0.717) is 23.1 Å². The maximum atomic E-state index is 14.5. The van der Waals surface area contributed by atoms with Crippen molar-refractivity contribution in [3.05, 3.63) is 71.1 Å². The first-order valence-corrected chi connectivity index (χ1v) is 8.82. The Morgan fingerprint density at radius 3 is 2.79 bits per heavy atom. The fourth-order valence-electron chi connectivity index (χ4n) is 3.00. The summed E-state index contributed by atoms with van der Waals surface area (Å²) in [7, 11) is 0. The third-order valence-corrected chi connectivity index (χ3v) is 4.63. The van der Waals surface area contributed by atoms with Crippen LogP contribution in [0, 0.1) is 18.6 Å². The van der Waals surface area contributed by atoms with E-state index in [0.717, 1.165) is 12.1 Å². The number of nitrogens with zero attached hydrogens (tertiary/aromatic N) is 2. The molecule has 0 radical (unpaired) electrons. The van der Waals surface area contributed by atoms with E-state index in [2.05, 4.69) is 22.4 Å². The van der Waals surface area contributed by atoms with Crippen molar-refractivity contribution in [2.24, 2.45) is 0 Å². The molecule has 1 atom stereocenters. The molecule has 0 spiro atoms. The minimum absolute atomic E-state index is 0.0998. The molecule has 146 valence electrons. The molecule has 0 saturated heterocycles. The molecule has 2 aromatic rings. The average molecular weight is 404 g/mol. The number of allylic oxidation sites excluding steroid dienone is 1. The van der Waals surface area contributed by atoms with E-state index in [9.17, 15) is 13.6 Å². The van der Waals surface area contributed by atoms with Crippen molar-refractivity contribution < 1.29 is 18.1 Å². The van der Waals surface area contributed by atoms with Gasteiger partial charge in [0.05, 0.1) is 11.6 Å². The Labute approximate surface area is 165 Å². The standard InChI is InChI=1S/C19H18F2N4O2S/c1-4-7-25-11(3)16(18(26)22-15-8-10(2)27-24-15)17(23-19(25)28)13-6-5-12(20)9-14(13)21/h4-6,8-9,17H,1,7H2,2-3H3,(H,23,28)(H,22,24,26)/t17-/m1/s1. The molecule has 0 aliphatic carbocycles. The number of carbonyl (C=O) groups excluding carboxylic acids is 1. The van der Waals surface area contributed by atoms with Crippen molar-refractivity contribution in [3.63, 3.8) is 0 Å². The second-order valence-electron chi connectivity index (χ2n) is 6.22. The van der Waals surface area contributed by atoms with Crippen LogP contribution in [0.5, 0.6) is 0 Å². The summed E-state index contributed by atoms with van der Waals surface area (Å²) in [6.45, 7) is 7.44.